The van der Waals surface area contributed by atoms with E-state index in [1.54, 1.807) is 0 Å². The van der Waals surface area contributed by atoms with Gasteiger partial charge in [-0.3, -0.25) is 0 Å². The largest absolute Gasteiger partial charge is 0.573 e. The van der Waals surface area contributed by atoms with Crippen molar-refractivity contribution in [3.8, 4) is 22.6 Å². The van der Waals surface area contributed by atoms with Crippen LogP contribution in [0.15, 0.2) is 42.5 Å². The van der Waals surface area contributed by atoms with Gasteiger partial charge in [0.1, 0.15) is 11.5 Å². The summed E-state index contributed by atoms with van der Waals surface area (Å²) in [4.78, 5) is 0. The summed E-state index contributed by atoms with van der Waals surface area (Å²) in [5.74, 6) is -1.08. The Morgan fingerprint density at radius 3 is 2.14 bits per heavy atom. The van der Waals surface area contributed by atoms with Crippen LogP contribution in [0, 0.1) is 0 Å². The monoisotopic (exact) mass is 322 g/mol. The molecule has 2 aromatic carbocycles. The minimum atomic E-state index is -4.92. The predicted molar refractivity (Wildman–Crippen MR) is 65.2 cm³/mol. The maximum atomic E-state index is 12.7. The molecular weight excluding hydrogens is 314 g/mol. The average molecular weight is 322 g/mol. The first-order valence-corrected chi connectivity index (χ1v) is 5.83. The third-order valence-corrected chi connectivity index (χ3v) is 2.70. The van der Waals surface area contributed by atoms with Crippen LogP contribution in [-0.4, -0.2) is 11.5 Å². The van der Waals surface area contributed by atoms with E-state index in [9.17, 15) is 31.4 Å². The zero-order chi connectivity index (χ0) is 16.5. The molecule has 0 fully saturated rings. The summed E-state index contributed by atoms with van der Waals surface area (Å²) in [5, 5.41) is 9.65. The molecule has 0 unspecified atom stereocenters. The SMILES string of the molecule is Oc1ccc(C(F)(F)F)cc1-c1cccc(OC(F)(F)F)c1. The number of halogens is 6. The molecule has 2 aromatic rings. The van der Waals surface area contributed by atoms with E-state index in [-0.39, 0.29) is 11.1 Å². The van der Waals surface area contributed by atoms with Crippen LogP contribution in [-0.2, 0) is 6.18 Å². The molecule has 0 aromatic heterocycles. The van der Waals surface area contributed by atoms with Gasteiger partial charge in [-0.2, -0.15) is 13.2 Å². The van der Waals surface area contributed by atoms with Crippen molar-refractivity contribution in [1.29, 1.82) is 0 Å². The van der Waals surface area contributed by atoms with Crippen molar-refractivity contribution >= 4 is 0 Å². The van der Waals surface area contributed by atoms with Gasteiger partial charge in [0.05, 0.1) is 5.56 Å². The smallest absolute Gasteiger partial charge is 0.507 e. The lowest BCUT2D eigenvalue weighted by molar-refractivity contribution is -0.274. The van der Waals surface area contributed by atoms with Gasteiger partial charge in [0.2, 0.25) is 0 Å². The number of ether oxygens (including phenoxy) is 1. The maximum absolute atomic E-state index is 12.7. The number of alkyl halides is 6. The third-order valence-electron chi connectivity index (χ3n) is 2.70. The summed E-state index contributed by atoms with van der Waals surface area (Å²) >= 11 is 0. The Hall–Kier alpha value is -2.38. The van der Waals surface area contributed by atoms with Crippen molar-refractivity contribution in [3.05, 3.63) is 48.0 Å². The van der Waals surface area contributed by atoms with Gasteiger partial charge >= 0.3 is 12.5 Å². The molecule has 0 aliphatic rings. The maximum Gasteiger partial charge on any atom is 0.573 e. The average Bonchev–Trinajstić information content (AvgIpc) is 2.36. The molecule has 2 nitrogen and oxygen atoms in total. The quantitative estimate of drug-likeness (QED) is 0.791. The first-order valence-electron chi connectivity index (χ1n) is 5.83. The summed E-state index contributed by atoms with van der Waals surface area (Å²) in [6.45, 7) is 0. The van der Waals surface area contributed by atoms with E-state index in [2.05, 4.69) is 4.74 Å². The zero-order valence-electron chi connectivity index (χ0n) is 10.7. The van der Waals surface area contributed by atoms with Gasteiger partial charge < -0.3 is 9.84 Å². The Kier molecular flexibility index (Phi) is 3.95. The van der Waals surface area contributed by atoms with E-state index in [0.29, 0.717) is 12.1 Å². The van der Waals surface area contributed by atoms with Crippen molar-refractivity contribution in [1.82, 2.24) is 0 Å². The number of hydrogen-bond donors (Lipinski definition) is 1. The van der Waals surface area contributed by atoms with Crippen LogP contribution in [0.25, 0.3) is 11.1 Å². The van der Waals surface area contributed by atoms with E-state index in [1.807, 2.05) is 0 Å². The van der Waals surface area contributed by atoms with Gasteiger partial charge in [-0.25, -0.2) is 0 Å². The van der Waals surface area contributed by atoms with Crippen LogP contribution >= 0.6 is 0 Å². The van der Waals surface area contributed by atoms with E-state index < -0.39 is 29.6 Å². The fraction of sp³-hybridized carbons (Fsp3) is 0.143. The van der Waals surface area contributed by atoms with E-state index in [0.717, 1.165) is 18.2 Å². The summed E-state index contributed by atoms with van der Waals surface area (Å²) in [6.07, 6.45) is -9.56. The van der Waals surface area contributed by atoms with Crippen molar-refractivity contribution in [2.45, 2.75) is 12.5 Å². The Bertz CT molecular complexity index is 676. The molecule has 0 bridgehead atoms. The summed E-state index contributed by atoms with van der Waals surface area (Å²) < 4.78 is 78.1. The van der Waals surface area contributed by atoms with E-state index >= 15 is 0 Å². The molecule has 2 rings (SSSR count). The fourth-order valence-electron chi connectivity index (χ4n) is 1.80. The molecule has 0 aliphatic carbocycles. The molecule has 0 radical (unpaired) electrons. The zero-order valence-corrected chi connectivity index (χ0v) is 10.7. The standard InChI is InChI=1S/C14H8F6O2/c15-13(16,17)9-4-5-12(21)11(7-9)8-2-1-3-10(6-8)22-14(18,19)20/h1-7,21H. The van der Waals surface area contributed by atoms with Crippen molar-refractivity contribution in [2.75, 3.05) is 0 Å². The summed E-state index contributed by atoms with van der Waals surface area (Å²) in [6, 6.07) is 6.49. The Labute approximate surface area is 120 Å². The highest BCUT2D eigenvalue weighted by Gasteiger charge is 2.32. The highest BCUT2D eigenvalue weighted by atomic mass is 19.4. The lowest BCUT2D eigenvalue weighted by Gasteiger charge is -2.13. The molecule has 0 heterocycles. The second kappa shape index (κ2) is 5.43. The highest BCUT2D eigenvalue weighted by molar-refractivity contribution is 5.72. The van der Waals surface area contributed by atoms with Crippen molar-refractivity contribution < 1.29 is 36.2 Å². The Balaban J connectivity index is 2.46. The van der Waals surface area contributed by atoms with E-state index in [4.69, 9.17) is 0 Å². The van der Waals surface area contributed by atoms with Gasteiger partial charge in [-0.1, -0.05) is 12.1 Å². The van der Waals surface area contributed by atoms with Crippen molar-refractivity contribution in [2.24, 2.45) is 0 Å². The molecule has 22 heavy (non-hydrogen) atoms. The molecule has 0 saturated carbocycles. The van der Waals surface area contributed by atoms with Crippen LogP contribution in [0.3, 0.4) is 0 Å². The summed E-state index contributed by atoms with van der Waals surface area (Å²) in [5.41, 5.74) is -1.31. The molecular formula is C14H8F6O2. The van der Waals surface area contributed by atoms with Gasteiger partial charge in [0.15, 0.2) is 0 Å². The van der Waals surface area contributed by atoms with Crippen LogP contribution in [0.5, 0.6) is 11.5 Å². The Morgan fingerprint density at radius 1 is 0.864 bits per heavy atom. The number of phenols is 1. The van der Waals surface area contributed by atoms with Gasteiger partial charge in [-0.05, 0) is 35.9 Å². The molecule has 8 heteroatoms. The lowest BCUT2D eigenvalue weighted by Crippen LogP contribution is -2.17. The minimum Gasteiger partial charge on any atom is -0.507 e. The molecule has 0 atom stereocenters. The van der Waals surface area contributed by atoms with Gasteiger partial charge in [0.25, 0.3) is 0 Å². The third kappa shape index (κ3) is 3.84. The number of phenolic OH excluding ortho intramolecular Hbond substituents is 1. The van der Waals surface area contributed by atoms with Crippen LogP contribution in [0.2, 0.25) is 0 Å². The van der Waals surface area contributed by atoms with Crippen molar-refractivity contribution in [3.63, 3.8) is 0 Å². The van der Waals surface area contributed by atoms with E-state index in [1.165, 1.54) is 12.1 Å². The van der Waals surface area contributed by atoms with Crippen LogP contribution in [0.1, 0.15) is 5.56 Å². The second-order valence-electron chi connectivity index (χ2n) is 4.31. The predicted octanol–water partition coefficient (Wildman–Crippen LogP) is 4.98. The van der Waals surface area contributed by atoms with Gasteiger partial charge in [0, 0.05) is 5.56 Å². The summed E-state index contributed by atoms with van der Waals surface area (Å²) in [7, 11) is 0. The number of rotatable bonds is 2. The number of aromatic hydroxyl groups is 1. The molecule has 1 N–H and O–H groups in total. The fourth-order valence-corrected chi connectivity index (χ4v) is 1.80. The number of hydrogen-bond acceptors (Lipinski definition) is 2. The molecule has 0 spiro atoms. The molecule has 0 saturated heterocycles. The van der Waals surface area contributed by atoms with Crippen LogP contribution in [0.4, 0.5) is 26.3 Å². The van der Waals surface area contributed by atoms with Crippen LogP contribution < -0.4 is 4.74 Å². The second-order valence-corrected chi connectivity index (χ2v) is 4.31. The first kappa shape index (κ1) is 16.0. The minimum absolute atomic E-state index is 0.0367. The molecule has 118 valence electrons. The number of benzene rings is 2. The topological polar surface area (TPSA) is 29.5 Å². The first-order chi connectivity index (χ1) is 10.1. The Morgan fingerprint density at radius 2 is 1.55 bits per heavy atom. The molecule has 0 amide bonds. The molecule has 0 aliphatic heterocycles. The lowest BCUT2D eigenvalue weighted by atomic mass is 10.0. The normalized spacial score (nSPS) is 12.3. The highest BCUT2D eigenvalue weighted by Crippen LogP contribution is 2.37. The van der Waals surface area contributed by atoms with Gasteiger partial charge in [-0.15, -0.1) is 13.2 Å².